The number of hydrogen-bond donors (Lipinski definition) is 0. The molecule has 0 aliphatic rings. The van der Waals surface area contributed by atoms with Gasteiger partial charge in [0.15, 0.2) is 0 Å². The molecule has 1 amide bonds. The lowest BCUT2D eigenvalue weighted by Crippen LogP contribution is -2.35. The van der Waals surface area contributed by atoms with Gasteiger partial charge in [0.05, 0.1) is 12.5 Å². The molecule has 0 fully saturated rings. The molecule has 1 heterocycles. The molecule has 0 aliphatic heterocycles. The Balaban J connectivity index is 1.80. The van der Waals surface area contributed by atoms with Crippen LogP contribution in [-0.4, -0.2) is 21.9 Å². The Hall–Kier alpha value is -3.07. The van der Waals surface area contributed by atoms with Gasteiger partial charge in [-0.05, 0) is 36.6 Å². The third kappa shape index (κ3) is 5.26. The van der Waals surface area contributed by atoms with Gasteiger partial charge in [0.1, 0.15) is 0 Å². The summed E-state index contributed by atoms with van der Waals surface area (Å²) in [6, 6.07) is 22.8. The van der Waals surface area contributed by atoms with Crippen molar-refractivity contribution in [2.75, 3.05) is 6.54 Å². The van der Waals surface area contributed by atoms with Gasteiger partial charge < -0.3 is 9.47 Å². The molecule has 0 radical (unpaired) electrons. The fourth-order valence-corrected chi connectivity index (χ4v) is 3.80. The number of aryl methyl sites for hydroxylation is 1. The molecule has 0 unspecified atom stereocenters. The maximum atomic E-state index is 13.4. The van der Waals surface area contributed by atoms with Gasteiger partial charge >= 0.3 is 0 Å². The van der Waals surface area contributed by atoms with Crippen LogP contribution in [0.3, 0.4) is 0 Å². The molecule has 1 atom stereocenters. The Morgan fingerprint density at radius 1 is 1.10 bits per heavy atom. The van der Waals surface area contributed by atoms with Gasteiger partial charge in [-0.3, -0.25) is 4.79 Å². The summed E-state index contributed by atoms with van der Waals surface area (Å²) in [5, 5.41) is 0. The van der Waals surface area contributed by atoms with Crippen LogP contribution in [0.25, 0.3) is 0 Å². The molecule has 0 N–H and O–H groups in total. The predicted molar refractivity (Wildman–Crippen MR) is 120 cm³/mol. The number of carbonyl (C=O) groups is 1. The largest absolute Gasteiger partial charge is 0.345 e. The standard InChI is InChI=1S/C26H30N2O/c1-4-16-28(26(29)25(5-2)23-13-7-6-8-14-23)20-24-15-10-17-27(24)19-22-12-9-11-21(3)18-22/h4,6-15,17-18,25H,1,5,16,19-20H2,2-3H3/t25-/m0/s1. The summed E-state index contributed by atoms with van der Waals surface area (Å²) < 4.78 is 2.22. The second-order valence-corrected chi connectivity index (χ2v) is 7.50. The smallest absolute Gasteiger partial charge is 0.230 e. The lowest BCUT2D eigenvalue weighted by molar-refractivity contribution is -0.133. The van der Waals surface area contributed by atoms with Crippen LogP contribution in [0, 0.1) is 6.92 Å². The summed E-state index contributed by atoms with van der Waals surface area (Å²) in [7, 11) is 0. The molecule has 3 rings (SSSR count). The van der Waals surface area contributed by atoms with E-state index in [2.05, 4.69) is 67.6 Å². The van der Waals surface area contributed by atoms with E-state index in [4.69, 9.17) is 0 Å². The van der Waals surface area contributed by atoms with E-state index in [1.165, 1.54) is 11.1 Å². The van der Waals surface area contributed by atoms with Crippen molar-refractivity contribution in [3.63, 3.8) is 0 Å². The molecular formula is C26H30N2O. The van der Waals surface area contributed by atoms with Crippen LogP contribution >= 0.6 is 0 Å². The second kappa shape index (κ2) is 9.92. The highest BCUT2D eigenvalue weighted by molar-refractivity contribution is 5.83. The van der Waals surface area contributed by atoms with Crippen molar-refractivity contribution in [3.05, 3.63) is 108 Å². The average Bonchev–Trinajstić information content (AvgIpc) is 3.15. The molecule has 29 heavy (non-hydrogen) atoms. The van der Waals surface area contributed by atoms with Crippen LogP contribution in [0.5, 0.6) is 0 Å². The van der Waals surface area contributed by atoms with Crippen LogP contribution in [0.1, 0.15) is 41.6 Å². The first-order chi connectivity index (χ1) is 14.1. The molecule has 0 aliphatic carbocycles. The number of benzene rings is 2. The number of rotatable bonds is 9. The number of aromatic nitrogens is 1. The Morgan fingerprint density at radius 2 is 1.90 bits per heavy atom. The molecule has 0 saturated carbocycles. The third-order valence-corrected chi connectivity index (χ3v) is 5.28. The lowest BCUT2D eigenvalue weighted by Gasteiger charge is -2.27. The molecular weight excluding hydrogens is 356 g/mol. The monoisotopic (exact) mass is 386 g/mol. The first-order valence-electron chi connectivity index (χ1n) is 10.3. The predicted octanol–water partition coefficient (Wildman–Crippen LogP) is 5.55. The quantitative estimate of drug-likeness (QED) is 0.442. The minimum atomic E-state index is -0.128. The number of carbonyl (C=O) groups excluding carboxylic acids is 1. The molecule has 1 aromatic heterocycles. The maximum absolute atomic E-state index is 13.4. The van der Waals surface area contributed by atoms with Crippen molar-refractivity contribution in [1.82, 2.24) is 9.47 Å². The molecule has 3 aromatic rings. The zero-order valence-corrected chi connectivity index (χ0v) is 17.4. The average molecular weight is 387 g/mol. The molecule has 0 bridgehead atoms. The van der Waals surface area contributed by atoms with Gasteiger partial charge in [-0.1, -0.05) is 73.2 Å². The molecule has 0 saturated heterocycles. The number of amides is 1. The Morgan fingerprint density at radius 3 is 2.59 bits per heavy atom. The van der Waals surface area contributed by atoms with E-state index in [0.717, 1.165) is 24.2 Å². The summed E-state index contributed by atoms with van der Waals surface area (Å²) in [4.78, 5) is 15.3. The second-order valence-electron chi connectivity index (χ2n) is 7.50. The van der Waals surface area contributed by atoms with Gasteiger partial charge in [0.25, 0.3) is 0 Å². The zero-order valence-electron chi connectivity index (χ0n) is 17.4. The summed E-state index contributed by atoms with van der Waals surface area (Å²) in [6.45, 7) is 9.97. The van der Waals surface area contributed by atoms with E-state index in [1.807, 2.05) is 41.3 Å². The minimum absolute atomic E-state index is 0.128. The van der Waals surface area contributed by atoms with Crippen LogP contribution < -0.4 is 0 Å². The summed E-state index contributed by atoms with van der Waals surface area (Å²) in [5.41, 5.74) is 4.72. The number of nitrogens with zero attached hydrogens (tertiary/aromatic N) is 2. The highest BCUT2D eigenvalue weighted by Gasteiger charge is 2.24. The van der Waals surface area contributed by atoms with E-state index < -0.39 is 0 Å². The van der Waals surface area contributed by atoms with E-state index in [9.17, 15) is 4.79 Å². The molecule has 0 spiro atoms. The topological polar surface area (TPSA) is 25.2 Å². The van der Waals surface area contributed by atoms with Crippen molar-refractivity contribution in [3.8, 4) is 0 Å². The van der Waals surface area contributed by atoms with Crippen molar-refractivity contribution >= 4 is 5.91 Å². The van der Waals surface area contributed by atoms with E-state index in [-0.39, 0.29) is 11.8 Å². The van der Waals surface area contributed by atoms with Crippen LogP contribution in [0.2, 0.25) is 0 Å². The van der Waals surface area contributed by atoms with Gasteiger partial charge in [0, 0.05) is 25.0 Å². The molecule has 2 aromatic carbocycles. The Bertz CT molecular complexity index is 942. The maximum Gasteiger partial charge on any atom is 0.230 e. The van der Waals surface area contributed by atoms with Crippen LogP contribution in [-0.2, 0) is 17.9 Å². The normalized spacial score (nSPS) is 11.8. The van der Waals surface area contributed by atoms with E-state index >= 15 is 0 Å². The van der Waals surface area contributed by atoms with Crippen molar-refractivity contribution in [2.45, 2.75) is 39.3 Å². The lowest BCUT2D eigenvalue weighted by atomic mass is 9.95. The van der Waals surface area contributed by atoms with Gasteiger partial charge in [-0.15, -0.1) is 6.58 Å². The highest BCUT2D eigenvalue weighted by Crippen LogP contribution is 2.23. The summed E-state index contributed by atoms with van der Waals surface area (Å²) >= 11 is 0. The first kappa shape index (κ1) is 20.7. The van der Waals surface area contributed by atoms with Gasteiger partial charge in [0.2, 0.25) is 5.91 Å². The molecule has 150 valence electrons. The third-order valence-electron chi connectivity index (χ3n) is 5.28. The highest BCUT2D eigenvalue weighted by atomic mass is 16.2. The van der Waals surface area contributed by atoms with Crippen LogP contribution in [0.4, 0.5) is 0 Å². The fraction of sp³-hybridized carbons (Fsp3) is 0.269. The van der Waals surface area contributed by atoms with Gasteiger partial charge in [-0.25, -0.2) is 0 Å². The van der Waals surface area contributed by atoms with E-state index in [0.29, 0.717) is 13.1 Å². The molecule has 3 nitrogen and oxygen atoms in total. The summed E-state index contributed by atoms with van der Waals surface area (Å²) in [5.74, 6) is 0.0261. The zero-order chi connectivity index (χ0) is 20.6. The van der Waals surface area contributed by atoms with Crippen molar-refractivity contribution < 1.29 is 4.79 Å². The van der Waals surface area contributed by atoms with Crippen LogP contribution in [0.15, 0.2) is 85.6 Å². The SMILES string of the molecule is C=CCN(Cc1cccn1Cc1cccc(C)c1)C(=O)[C@@H](CC)c1ccccc1. The number of hydrogen-bond acceptors (Lipinski definition) is 1. The van der Waals surface area contributed by atoms with Gasteiger partial charge in [-0.2, -0.15) is 0 Å². The first-order valence-corrected chi connectivity index (χ1v) is 10.3. The summed E-state index contributed by atoms with van der Waals surface area (Å²) in [6.07, 6.45) is 4.67. The Kier molecular flexibility index (Phi) is 7.07. The van der Waals surface area contributed by atoms with Crippen molar-refractivity contribution in [2.24, 2.45) is 0 Å². The van der Waals surface area contributed by atoms with E-state index in [1.54, 1.807) is 0 Å². The minimum Gasteiger partial charge on any atom is -0.345 e. The van der Waals surface area contributed by atoms with Crippen molar-refractivity contribution in [1.29, 1.82) is 0 Å². The fourth-order valence-electron chi connectivity index (χ4n) is 3.80. The molecule has 3 heteroatoms. The Labute approximate surface area is 174 Å².